The molecule has 2 heterocycles. The molecule has 0 unspecified atom stereocenters. The van der Waals surface area contributed by atoms with E-state index >= 15 is 0 Å². The lowest BCUT2D eigenvalue weighted by Gasteiger charge is -2.36. The van der Waals surface area contributed by atoms with Gasteiger partial charge in [0.15, 0.2) is 0 Å². The topological polar surface area (TPSA) is 61.8 Å². The van der Waals surface area contributed by atoms with Gasteiger partial charge in [-0.2, -0.15) is 13.1 Å². The predicted octanol–water partition coefficient (Wildman–Crippen LogP) is 1.95. The van der Waals surface area contributed by atoms with Gasteiger partial charge >= 0.3 is 10.2 Å². The summed E-state index contributed by atoms with van der Waals surface area (Å²) in [7, 11) is -3.67. The Morgan fingerprint density at radius 3 is 2.70 bits per heavy atom. The fraction of sp³-hybridized carbons (Fsp3) is 0.462. The van der Waals surface area contributed by atoms with E-state index in [-0.39, 0.29) is 5.82 Å². The molecule has 0 saturated carbocycles. The number of nitrogens with one attached hydrogen (secondary N) is 1. The molecule has 1 aromatic carbocycles. The summed E-state index contributed by atoms with van der Waals surface area (Å²) < 4.78 is 43.1. The smallest absolute Gasteiger partial charge is 0.323 e. The average molecular weight is 297 g/mol. The number of amidine groups is 1. The molecule has 2 aliphatic rings. The van der Waals surface area contributed by atoms with Crippen LogP contribution >= 0.6 is 0 Å². The molecule has 0 spiro atoms. The Bertz CT molecular complexity index is 628. The van der Waals surface area contributed by atoms with Gasteiger partial charge in [0.05, 0.1) is 0 Å². The predicted molar refractivity (Wildman–Crippen MR) is 73.8 cm³/mol. The second-order valence-corrected chi connectivity index (χ2v) is 6.43. The summed E-state index contributed by atoms with van der Waals surface area (Å²) in [6.45, 7) is 0.753. The number of benzene rings is 1. The lowest BCUT2D eigenvalue weighted by Crippen LogP contribution is -2.48. The minimum Gasteiger partial charge on any atom is -0.339 e. The molecule has 1 aromatic rings. The molecule has 1 saturated heterocycles. The molecule has 0 bridgehead atoms. The van der Waals surface area contributed by atoms with Crippen molar-refractivity contribution in [2.24, 2.45) is 4.40 Å². The van der Waals surface area contributed by atoms with Gasteiger partial charge in [-0.3, -0.25) is 0 Å². The van der Waals surface area contributed by atoms with E-state index in [1.807, 2.05) is 4.90 Å². The van der Waals surface area contributed by atoms with Crippen molar-refractivity contribution in [2.75, 3.05) is 6.54 Å². The Morgan fingerprint density at radius 2 is 1.95 bits per heavy atom. The van der Waals surface area contributed by atoms with Gasteiger partial charge in [0.25, 0.3) is 0 Å². The Kier molecular flexibility index (Phi) is 3.47. The summed E-state index contributed by atoms with van der Waals surface area (Å²) in [6, 6.07) is 5.90. The summed E-state index contributed by atoms with van der Waals surface area (Å²) in [6.07, 6.45) is 3.18. The first-order valence-electron chi connectivity index (χ1n) is 6.68. The molecule has 108 valence electrons. The van der Waals surface area contributed by atoms with Crippen molar-refractivity contribution in [3.05, 3.63) is 35.6 Å². The van der Waals surface area contributed by atoms with Crippen LogP contribution in [-0.4, -0.2) is 25.7 Å². The van der Waals surface area contributed by atoms with Crippen LogP contribution in [0.4, 0.5) is 4.39 Å². The number of hydrogen-bond acceptors (Lipinski definition) is 3. The van der Waals surface area contributed by atoms with Crippen LogP contribution in [0.25, 0.3) is 0 Å². The first-order valence-corrected chi connectivity index (χ1v) is 8.12. The maximum atomic E-state index is 13.0. The van der Waals surface area contributed by atoms with E-state index in [1.54, 1.807) is 12.1 Å². The Balaban J connectivity index is 2.01. The van der Waals surface area contributed by atoms with Crippen LogP contribution in [-0.2, 0) is 10.2 Å². The van der Waals surface area contributed by atoms with Crippen molar-refractivity contribution < 1.29 is 12.8 Å². The lowest BCUT2D eigenvalue weighted by atomic mass is 10.1. The zero-order valence-electron chi connectivity index (χ0n) is 10.9. The van der Waals surface area contributed by atoms with E-state index in [1.165, 1.54) is 12.1 Å². The lowest BCUT2D eigenvalue weighted by molar-refractivity contribution is 0.291. The highest BCUT2D eigenvalue weighted by Gasteiger charge is 2.33. The first kappa shape index (κ1) is 13.5. The maximum Gasteiger partial charge on any atom is 0.323 e. The summed E-state index contributed by atoms with van der Waals surface area (Å²) >= 11 is 0. The molecule has 1 atom stereocenters. The van der Waals surface area contributed by atoms with Crippen LogP contribution in [0, 0.1) is 5.82 Å². The Hall–Kier alpha value is -1.47. The molecule has 0 amide bonds. The molecule has 3 rings (SSSR count). The first-order chi connectivity index (χ1) is 9.55. The molecule has 0 aromatic heterocycles. The van der Waals surface area contributed by atoms with Gasteiger partial charge in [-0.15, -0.1) is 4.40 Å². The monoisotopic (exact) mass is 297 g/mol. The van der Waals surface area contributed by atoms with Crippen molar-refractivity contribution in [1.29, 1.82) is 0 Å². The van der Waals surface area contributed by atoms with Gasteiger partial charge in [0.2, 0.25) is 0 Å². The van der Waals surface area contributed by atoms with Crippen LogP contribution in [0.15, 0.2) is 28.7 Å². The number of nitrogens with zero attached hydrogens (tertiary/aromatic N) is 2. The van der Waals surface area contributed by atoms with E-state index in [4.69, 9.17) is 0 Å². The largest absolute Gasteiger partial charge is 0.339 e. The van der Waals surface area contributed by atoms with Crippen molar-refractivity contribution in [3.63, 3.8) is 0 Å². The third-order valence-electron chi connectivity index (χ3n) is 3.61. The van der Waals surface area contributed by atoms with Crippen LogP contribution < -0.4 is 4.72 Å². The maximum absolute atomic E-state index is 13.0. The zero-order chi connectivity index (χ0) is 14.2. The molecule has 1 fully saturated rings. The van der Waals surface area contributed by atoms with E-state index in [9.17, 15) is 12.8 Å². The second kappa shape index (κ2) is 5.14. The zero-order valence-corrected chi connectivity index (χ0v) is 11.7. The molecule has 2 aliphatic heterocycles. The highest BCUT2D eigenvalue weighted by Crippen LogP contribution is 2.28. The van der Waals surface area contributed by atoms with E-state index in [0.717, 1.165) is 31.4 Å². The summed E-state index contributed by atoms with van der Waals surface area (Å²) in [5.74, 6) is 0.271. The van der Waals surface area contributed by atoms with E-state index in [2.05, 4.69) is 9.12 Å². The van der Waals surface area contributed by atoms with Crippen molar-refractivity contribution in [2.45, 2.75) is 31.8 Å². The van der Waals surface area contributed by atoms with Crippen LogP contribution in [0.3, 0.4) is 0 Å². The van der Waals surface area contributed by atoms with Gasteiger partial charge in [0.1, 0.15) is 17.8 Å². The third kappa shape index (κ3) is 2.69. The molecule has 20 heavy (non-hydrogen) atoms. The number of halogens is 1. The van der Waals surface area contributed by atoms with Gasteiger partial charge in [-0.05, 0) is 30.5 Å². The number of hydrogen-bond donors (Lipinski definition) is 1. The summed E-state index contributed by atoms with van der Waals surface area (Å²) in [5, 5.41) is 0. The fourth-order valence-electron chi connectivity index (χ4n) is 2.65. The average Bonchev–Trinajstić information content (AvgIpc) is 2.62. The van der Waals surface area contributed by atoms with Gasteiger partial charge < -0.3 is 4.90 Å². The van der Waals surface area contributed by atoms with Crippen molar-refractivity contribution in [1.82, 2.24) is 9.62 Å². The molecule has 1 N–H and O–H groups in total. The van der Waals surface area contributed by atoms with Crippen molar-refractivity contribution in [3.8, 4) is 0 Å². The number of rotatable bonds is 1. The SMILES string of the molecule is O=S1(=O)N=C2CCCCCN2[C@H](c2ccc(F)cc2)N1. The van der Waals surface area contributed by atoms with Crippen LogP contribution in [0.5, 0.6) is 0 Å². The minimum atomic E-state index is -3.67. The Labute approximate surface area is 117 Å². The van der Waals surface area contributed by atoms with E-state index < -0.39 is 16.4 Å². The van der Waals surface area contributed by atoms with Crippen LogP contribution in [0.2, 0.25) is 0 Å². The molecule has 0 aliphatic carbocycles. The van der Waals surface area contributed by atoms with E-state index in [0.29, 0.717) is 12.3 Å². The molecular weight excluding hydrogens is 281 g/mol. The summed E-state index contributed by atoms with van der Waals surface area (Å²) in [5.41, 5.74) is 0.726. The standard InChI is InChI=1S/C13H16FN3O2S/c14-11-7-5-10(6-8-11)13-16-20(18,19)15-12-4-2-1-3-9-17(12)13/h5-8,13,16H,1-4,9H2/t13-/m1/s1. The normalized spacial score (nSPS) is 25.6. The highest BCUT2D eigenvalue weighted by molar-refractivity contribution is 7.88. The molecule has 0 radical (unpaired) electrons. The molecular formula is C13H16FN3O2S. The number of fused-ring (bicyclic) bond motifs is 1. The Morgan fingerprint density at radius 1 is 1.20 bits per heavy atom. The second-order valence-electron chi connectivity index (χ2n) is 5.06. The highest BCUT2D eigenvalue weighted by atomic mass is 32.2. The fourth-order valence-corrected chi connectivity index (χ4v) is 3.73. The minimum absolute atomic E-state index is 0.336. The summed E-state index contributed by atoms with van der Waals surface area (Å²) in [4.78, 5) is 1.97. The third-order valence-corrected chi connectivity index (χ3v) is 4.59. The molecule has 7 heteroatoms. The van der Waals surface area contributed by atoms with Crippen molar-refractivity contribution >= 4 is 16.0 Å². The van der Waals surface area contributed by atoms with Gasteiger partial charge in [0, 0.05) is 13.0 Å². The quantitative estimate of drug-likeness (QED) is 0.862. The van der Waals surface area contributed by atoms with Gasteiger partial charge in [-0.25, -0.2) is 4.39 Å². The molecule has 5 nitrogen and oxygen atoms in total. The van der Waals surface area contributed by atoms with Crippen LogP contribution in [0.1, 0.15) is 37.4 Å². The van der Waals surface area contributed by atoms with Gasteiger partial charge in [-0.1, -0.05) is 18.6 Å².